The lowest BCUT2D eigenvalue weighted by molar-refractivity contribution is 0.0740. The summed E-state index contributed by atoms with van der Waals surface area (Å²) in [6.45, 7) is 10.1. The number of amides is 1. The molecule has 1 amide bonds. The number of aromatic nitrogens is 1. The van der Waals surface area contributed by atoms with Crippen molar-refractivity contribution >= 4 is 29.1 Å². The molecule has 0 aliphatic carbocycles. The summed E-state index contributed by atoms with van der Waals surface area (Å²) in [5, 5.41) is 0.541. The first-order valence-electron chi connectivity index (χ1n) is 7.41. The Morgan fingerprint density at radius 3 is 2.10 bits per heavy atom. The second-order valence-corrected chi connectivity index (χ2v) is 6.92. The minimum Gasteiger partial charge on any atom is -0.339 e. The van der Waals surface area contributed by atoms with E-state index in [0.717, 1.165) is 25.9 Å². The van der Waals surface area contributed by atoms with Gasteiger partial charge in [0.25, 0.3) is 5.91 Å². The summed E-state index contributed by atoms with van der Waals surface area (Å²) in [6, 6.07) is 1.59. The number of nitrogens with zero attached hydrogens (tertiary/aromatic N) is 2. The van der Waals surface area contributed by atoms with Gasteiger partial charge in [0.05, 0.1) is 10.6 Å². The van der Waals surface area contributed by atoms with E-state index in [1.54, 1.807) is 6.07 Å². The van der Waals surface area contributed by atoms with Crippen molar-refractivity contribution in [3.05, 3.63) is 28.0 Å². The van der Waals surface area contributed by atoms with Gasteiger partial charge < -0.3 is 4.90 Å². The monoisotopic (exact) mass is 330 g/mol. The quantitative estimate of drug-likeness (QED) is 0.664. The highest BCUT2D eigenvalue weighted by Crippen LogP contribution is 2.21. The number of hydrogen-bond acceptors (Lipinski definition) is 2. The van der Waals surface area contributed by atoms with Gasteiger partial charge in [-0.05, 0) is 30.7 Å². The van der Waals surface area contributed by atoms with Crippen molar-refractivity contribution in [2.45, 2.75) is 40.5 Å². The molecule has 0 saturated carbocycles. The van der Waals surface area contributed by atoms with Gasteiger partial charge in [0.1, 0.15) is 5.15 Å². The lowest BCUT2D eigenvalue weighted by Crippen LogP contribution is -2.34. The Labute approximate surface area is 137 Å². The van der Waals surface area contributed by atoms with Crippen LogP contribution in [-0.2, 0) is 0 Å². The fraction of sp³-hybridized carbons (Fsp3) is 0.625. The van der Waals surface area contributed by atoms with Gasteiger partial charge in [-0.2, -0.15) is 0 Å². The van der Waals surface area contributed by atoms with Crippen LogP contribution in [0.15, 0.2) is 12.3 Å². The largest absolute Gasteiger partial charge is 0.339 e. The number of halogens is 2. The first-order chi connectivity index (χ1) is 9.81. The predicted molar refractivity (Wildman–Crippen MR) is 89.1 cm³/mol. The highest BCUT2D eigenvalue weighted by atomic mass is 35.5. The third-order valence-corrected chi connectivity index (χ3v) is 3.97. The van der Waals surface area contributed by atoms with Crippen molar-refractivity contribution in [2.75, 3.05) is 13.1 Å². The Hall–Kier alpha value is -0.800. The second-order valence-electron chi connectivity index (χ2n) is 6.15. The molecule has 0 spiro atoms. The Bertz CT molecular complexity index is 463. The summed E-state index contributed by atoms with van der Waals surface area (Å²) in [6.07, 6.45) is 3.46. The Balaban J connectivity index is 2.83. The molecule has 0 aromatic carbocycles. The van der Waals surface area contributed by atoms with Crippen molar-refractivity contribution in [1.82, 2.24) is 9.88 Å². The number of carbonyl (C=O) groups is 1. The highest BCUT2D eigenvalue weighted by molar-refractivity contribution is 6.41. The number of rotatable bonds is 7. The highest BCUT2D eigenvalue weighted by Gasteiger charge is 2.18. The van der Waals surface area contributed by atoms with Crippen LogP contribution in [0.5, 0.6) is 0 Å². The normalized spacial score (nSPS) is 11.2. The molecule has 0 bridgehead atoms. The molecular formula is C16H24Cl2N2O. The van der Waals surface area contributed by atoms with E-state index in [0.29, 0.717) is 22.4 Å². The van der Waals surface area contributed by atoms with Crippen molar-refractivity contribution in [3.63, 3.8) is 0 Å². The molecule has 1 rings (SSSR count). The van der Waals surface area contributed by atoms with Crippen molar-refractivity contribution in [1.29, 1.82) is 0 Å². The molecule has 3 nitrogen and oxygen atoms in total. The zero-order chi connectivity index (χ0) is 16.0. The van der Waals surface area contributed by atoms with Crippen LogP contribution in [0.2, 0.25) is 10.2 Å². The average molecular weight is 331 g/mol. The molecule has 1 heterocycles. The van der Waals surface area contributed by atoms with Crippen LogP contribution >= 0.6 is 23.2 Å². The molecule has 5 heteroatoms. The van der Waals surface area contributed by atoms with E-state index < -0.39 is 0 Å². The summed E-state index contributed by atoms with van der Waals surface area (Å²) in [5.74, 6) is 1.10. The maximum Gasteiger partial charge on any atom is 0.255 e. The summed E-state index contributed by atoms with van der Waals surface area (Å²) in [7, 11) is 0. The van der Waals surface area contributed by atoms with E-state index in [1.807, 2.05) is 4.90 Å². The fourth-order valence-corrected chi connectivity index (χ4v) is 2.13. The third kappa shape index (κ3) is 6.23. The lowest BCUT2D eigenvalue weighted by Gasteiger charge is -2.24. The molecule has 1 aromatic heterocycles. The molecule has 0 aliphatic rings. The van der Waals surface area contributed by atoms with Crippen LogP contribution in [0.1, 0.15) is 50.9 Å². The minimum atomic E-state index is -0.0256. The van der Waals surface area contributed by atoms with E-state index in [1.165, 1.54) is 6.20 Å². The molecule has 118 valence electrons. The van der Waals surface area contributed by atoms with Crippen LogP contribution in [0.25, 0.3) is 0 Å². The van der Waals surface area contributed by atoms with Gasteiger partial charge in [-0.25, -0.2) is 4.98 Å². The van der Waals surface area contributed by atoms with Crippen LogP contribution < -0.4 is 0 Å². The van der Waals surface area contributed by atoms with Gasteiger partial charge in [0.2, 0.25) is 0 Å². The minimum absolute atomic E-state index is 0.0256. The molecule has 0 N–H and O–H groups in total. The van der Waals surface area contributed by atoms with E-state index in [9.17, 15) is 4.79 Å². The standard InChI is InChI=1S/C16H24Cl2N2O/c1-11(2)5-7-20(8-6-12(3)4)16(21)13-9-14(17)15(18)19-10-13/h9-12H,5-8H2,1-4H3. The summed E-state index contributed by atoms with van der Waals surface area (Å²) < 4.78 is 0. The Morgan fingerprint density at radius 1 is 1.14 bits per heavy atom. The lowest BCUT2D eigenvalue weighted by atomic mass is 10.1. The molecule has 1 aromatic rings. The van der Waals surface area contributed by atoms with Gasteiger partial charge in [0, 0.05) is 19.3 Å². The average Bonchev–Trinajstić information content (AvgIpc) is 2.40. The molecular weight excluding hydrogens is 307 g/mol. The van der Waals surface area contributed by atoms with Gasteiger partial charge in [-0.15, -0.1) is 0 Å². The molecule has 0 aliphatic heterocycles. The second kappa shape index (κ2) is 8.60. The van der Waals surface area contributed by atoms with Gasteiger partial charge in [-0.1, -0.05) is 50.9 Å². The van der Waals surface area contributed by atoms with Gasteiger partial charge >= 0.3 is 0 Å². The number of hydrogen-bond donors (Lipinski definition) is 0. The molecule has 0 fully saturated rings. The molecule has 0 saturated heterocycles. The van der Waals surface area contributed by atoms with Crippen LogP contribution in [0, 0.1) is 11.8 Å². The van der Waals surface area contributed by atoms with Crippen molar-refractivity contribution < 1.29 is 4.79 Å². The molecule has 0 unspecified atom stereocenters. The van der Waals surface area contributed by atoms with Gasteiger partial charge in [0.15, 0.2) is 0 Å². The van der Waals surface area contributed by atoms with E-state index >= 15 is 0 Å². The maximum atomic E-state index is 12.6. The molecule has 0 radical (unpaired) electrons. The SMILES string of the molecule is CC(C)CCN(CCC(C)C)C(=O)c1cnc(Cl)c(Cl)c1. The van der Waals surface area contributed by atoms with E-state index in [4.69, 9.17) is 23.2 Å². The van der Waals surface area contributed by atoms with E-state index in [2.05, 4.69) is 32.7 Å². The Kier molecular flexibility index (Phi) is 7.47. The topological polar surface area (TPSA) is 33.2 Å². The van der Waals surface area contributed by atoms with Crippen LogP contribution in [0.4, 0.5) is 0 Å². The summed E-state index contributed by atoms with van der Waals surface area (Å²) >= 11 is 11.8. The first kappa shape index (κ1) is 18.2. The maximum absolute atomic E-state index is 12.6. The van der Waals surface area contributed by atoms with Gasteiger partial charge in [-0.3, -0.25) is 4.79 Å². The zero-order valence-electron chi connectivity index (χ0n) is 13.2. The smallest absolute Gasteiger partial charge is 0.255 e. The van der Waals surface area contributed by atoms with E-state index in [-0.39, 0.29) is 11.1 Å². The Morgan fingerprint density at radius 2 is 1.67 bits per heavy atom. The number of carbonyl (C=O) groups excluding carboxylic acids is 1. The zero-order valence-corrected chi connectivity index (χ0v) is 14.7. The number of pyridine rings is 1. The predicted octanol–water partition coefficient (Wildman–Crippen LogP) is 4.92. The van der Waals surface area contributed by atoms with Crippen molar-refractivity contribution in [2.24, 2.45) is 11.8 Å². The van der Waals surface area contributed by atoms with Crippen LogP contribution in [-0.4, -0.2) is 28.9 Å². The third-order valence-electron chi connectivity index (χ3n) is 3.28. The first-order valence-corrected chi connectivity index (χ1v) is 8.17. The molecule has 0 atom stereocenters. The fourth-order valence-electron chi connectivity index (χ4n) is 1.86. The summed E-state index contributed by atoms with van der Waals surface area (Å²) in [4.78, 5) is 18.5. The van der Waals surface area contributed by atoms with Crippen molar-refractivity contribution in [3.8, 4) is 0 Å². The molecule has 21 heavy (non-hydrogen) atoms. The summed E-state index contributed by atoms with van der Waals surface area (Å²) in [5.41, 5.74) is 0.497. The van der Waals surface area contributed by atoms with Crippen LogP contribution in [0.3, 0.4) is 0 Å².